The maximum Gasteiger partial charge on any atom is -0.00183 e. The predicted octanol–water partition coefficient (Wildman–Crippen LogP) is 2.33. The Morgan fingerprint density at radius 3 is 2.20 bits per heavy atom. The van der Waals surface area contributed by atoms with E-state index in [4.69, 9.17) is 0 Å². The standard InChI is InChI=1S/C9H20N/c1-4-7-9-10(6-3)8-5-2/h3-9H2,1-2H3. The van der Waals surface area contributed by atoms with E-state index in [1.807, 2.05) is 0 Å². The van der Waals surface area contributed by atoms with Gasteiger partial charge in [-0.15, -0.1) is 0 Å². The fraction of sp³-hybridized carbons (Fsp3) is 0.889. The molecule has 0 aliphatic heterocycles. The normalized spacial score (nSPS) is 10.8. The largest absolute Gasteiger partial charge is 0.303 e. The van der Waals surface area contributed by atoms with Gasteiger partial charge in [-0.3, -0.25) is 0 Å². The van der Waals surface area contributed by atoms with Gasteiger partial charge in [0.05, 0.1) is 0 Å². The average Bonchev–Trinajstić information content (AvgIpc) is 1.98. The van der Waals surface area contributed by atoms with Gasteiger partial charge in [-0.1, -0.05) is 20.3 Å². The van der Waals surface area contributed by atoms with Crippen LogP contribution in [-0.4, -0.2) is 24.5 Å². The predicted molar refractivity (Wildman–Crippen MR) is 47.0 cm³/mol. The highest BCUT2D eigenvalue weighted by Gasteiger charge is 1.97. The van der Waals surface area contributed by atoms with Crippen LogP contribution in [0.4, 0.5) is 0 Å². The molecule has 0 aromatic carbocycles. The maximum atomic E-state index is 3.88. The molecule has 0 saturated carbocycles. The molecule has 0 unspecified atom stereocenters. The summed E-state index contributed by atoms with van der Waals surface area (Å²) in [6, 6.07) is 0. The van der Waals surface area contributed by atoms with Crippen molar-refractivity contribution in [1.29, 1.82) is 0 Å². The minimum Gasteiger partial charge on any atom is -0.303 e. The second-order valence-corrected chi connectivity index (χ2v) is 2.70. The minimum atomic E-state index is 0.966. The van der Waals surface area contributed by atoms with Crippen LogP contribution >= 0.6 is 0 Å². The fourth-order valence-electron chi connectivity index (χ4n) is 1.03. The molecule has 0 aliphatic rings. The van der Waals surface area contributed by atoms with E-state index in [2.05, 4.69) is 25.7 Å². The Kier molecular flexibility index (Phi) is 7.04. The van der Waals surface area contributed by atoms with Crippen LogP contribution in [-0.2, 0) is 0 Å². The molecule has 0 amide bonds. The van der Waals surface area contributed by atoms with Gasteiger partial charge in [0.25, 0.3) is 0 Å². The summed E-state index contributed by atoms with van der Waals surface area (Å²) in [5.41, 5.74) is 0. The number of unbranched alkanes of at least 4 members (excludes halogenated alkanes) is 1. The first-order chi connectivity index (χ1) is 4.85. The number of hydrogen-bond donors (Lipinski definition) is 0. The second kappa shape index (κ2) is 7.07. The summed E-state index contributed by atoms with van der Waals surface area (Å²) in [6.07, 6.45) is 3.86. The summed E-state index contributed by atoms with van der Waals surface area (Å²) in [5, 5.41) is 0. The van der Waals surface area contributed by atoms with Crippen molar-refractivity contribution in [1.82, 2.24) is 4.90 Å². The molecule has 0 saturated heterocycles. The Morgan fingerprint density at radius 1 is 1.10 bits per heavy atom. The first-order valence-electron chi connectivity index (χ1n) is 4.36. The van der Waals surface area contributed by atoms with E-state index in [0.717, 1.165) is 6.54 Å². The molecule has 0 fully saturated rings. The third-order valence-corrected chi connectivity index (χ3v) is 1.68. The van der Waals surface area contributed by atoms with E-state index < -0.39 is 0 Å². The molecule has 0 N–H and O–H groups in total. The van der Waals surface area contributed by atoms with Crippen LogP contribution in [0.1, 0.15) is 33.1 Å². The van der Waals surface area contributed by atoms with E-state index in [9.17, 15) is 0 Å². The summed E-state index contributed by atoms with van der Waals surface area (Å²) in [4.78, 5) is 2.41. The van der Waals surface area contributed by atoms with Crippen LogP contribution in [0.15, 0.2) is 0 Å². The van der Waals surface area contributed by atoms with Gasteiger partial charge in [0.15, 0.2) is 0 Å². The van der Waals surface area contributed by atoms with Gasteiger partial charge < -0.3 is 4.90 Å². The lowest BCUT2D eigenvalue weighted by molar-refractivity contribution is 0.297. The molecule has 0 rings (SSSR count). The van der Waals surface area contributed by atoms with Gasteiger partial charge in [-0.2, -0.15) is 0 Å². The lowest BCUT2D eigenvalue weighted by Crippen LogP contribution is -2.25. The molecular formula is C9H20N. The number of rotatable bonds is 6. The van der Waals surface area contributed by atoms with Crippen LogP contribution in [0.25, 0.3) is 0 Å². The highest BCUT2D eigenvalue weighted by Crippen LogP contribution is 1.95. The Bertz CT molecular complexity index is 61.7. The Morgan fingerprint density at radius 2 is 1.80 bits per heavy atom. The molecule has 0 aromatic rings. The molecule has 0 atom stereocenters. The molecule has 61 valence electrons. The SMILES string of the molecule is [CH2]CN(CCC)CCCC. The highest BCUT2D eigenvalue weighted by molar-refractivity contribution is 4.56. The first-order valence-corrected chi connectivity index (χ1v) is 4.36. The zero-order chi connectivity index (χ0) is 7.82. The van der Waals surface area contributed by atoms with Gasteiger partial charge >= 0.3 is 0 Å². The monoisotopic (exact) mass is 142 g/mol. The minimum absolute atomic E-state index is 0.966. The summed E-state index contributed by atoms with van der Waals surface area (Å²) in [6.45, 7) is 11.7. The molecule has 1 heteroatoms. The summed E-state index contributed by atoms with van der Waals surface area (Å²) >= 11 is 0. The first kappa shape index (κ1) is 9.96. The summed E-state index contributed by atoms with van der Waals surface area (Å²) in [5.74, 6) is 0. The van der Waals surface area contributed by atoms with Crippen LogP contribution in [0, 0.1) is 6.92 Å². The second-order valence-electron chi connectivity index (χ2n) is 2.70. The van der Waals surface area contributed by atoms with E-state index in [-0.39, 0.29) is 0 Å². The van der Waals surface area contributed by atoms with Crippen molar-refractivity contribution >= 4 is 0 Å². The molecule has 1 nitrogen and oxygen atoms in total. The Labute approximate surface area is 65.4 Å². The molecule has 0 spiro atoms. The molecule has 1 radical (unpaired) electrons. The molecule has 10 heavy (non-hydrogen) atoms. The smallest absolute Gasteiger partial charge is 0.00183 e. The lowest BCUT2D eigenvalue weighted by Gasteiger charge is -2.18. The van der Waals surface area contributed by atoms with Gasteiger partial charge in [0, 0.05) is 0 Å². The maximum absolute atomic E-state index is 3.88. The van der Waals surface area contributed by atoms with E-state index in [1.165, 1.54) is 32.4 Å². The van der Waals surface area contributed by atoms with Gasteiger partial charge in [-0.05, 0) is 39.4 Å². The Balaban J connectivity index is 3.21. The Hall–Kier alpha value is -0.0400. The average molecular weight is 142 g/mol. The lowest BCUT2D eigenvalue weighted by atomic mass is 10.3. The van der Waals surface area contributed by atoms with Crippen molar-refractivity contribution in [3.8, 4) is 0 Å². The quantitative estimate of drug-likeness (QED) is 0.550. The van der Waals surface area contributed by atoms with Gasteiger partial charge in [0.2, 0.25) is 0 Å². The van der Waals surface area contributed by atoms with Crippen LogP contribution < -0.4 is 0 Å². The van der Waals surface area contributed by atoms with Crippen molar-refractivity contribution in [3.63, 3.8) is 0 Å². The van der Waals surface area contributed by atoms with Crippen molar-refractivity contribution < 1.29 is 0 Å². The molecule has 0 aromatic heterocycles. The van der Waals surface area contributed by atoms with Crippen molar-refractivity contribution in [3.05, 3.63) is 6.92 Å². The van der Waals surface area contributed by atoms with E-state index in [0.29, 0.717) is 0 Å². The van der Waals surface area contributed by atoms with Crippen LogP contribution in [0.5, 0.6) is 0 Å². The summed E-state index contributed by atoms with van der Waals surface area (Å²) in [7, 11) is 0. The van der Waals surface area contributed by atoms with E-state index in [1.54, 1.807) is 0 Å². The van der Waals surface area contributed by atoms with Crippen molar-refractivity contribution in [2.24, 2.45) is 0 Å². The summed E-state index contributed by atoms with van der Waals surface area (Å²) < 4.78 is 0. The van der Waals surface area contributed by atoms with Crippen LogP contribution in [0.2, 0.25) is 0 Å². The number of nitrogens with zero attached hydrogens (tertiary/aromatic N) is 1. The van der Waals surface area contributed by atoms with Gasteiger partial charge in [-0.25, -0.2) is 0 Å². The third-order valence-electron chi connectivity index (χ3n) is 1.68. The fourth-order valence-corrected chi connectivity index (χ4v) is 1.03. The third kappa shape index (κ3) is 4.80. The van der Waals surface area contributed by atoms with Crippen molar-refractivity contribution in [2.45, 2.75) is 33.1 Å². The number of hydrogen-bond acceptors (Lipinski definition) is 1. The molecule has 0 aliphatic carbocycles. The van der Waals surface area contributed by atoms with Crippen LogP contribution in [0.3, 0.4) is 0 Å². The molecule has 0 bridgehead atoms. The molecule has 0 heterocycles. The zero-order valence-electron chi connectivity index (χ0n) is 7.40. The van der Waals surface area contributed by atoms with Gasteiger partial charge in [0.1, 0.15) is 0 Å². The highest BCUT2D eigenvalue weighted by atomic mass is 15.1. The zero-order valence-corrected chi connectivity index (χ0v) is 7.40. The van der Waals surface area contributed by atoms with E-state index >= 15 is 0 Å². The topological polar surface area (TPSA) is 3.24 Å². The molecular weight excluding hydrogens is 122 g/mol. The van der Waals surface area contributed by atoms with Crippen molar-refractivity contribution in [2.75, 3.05) is 19.6 Å².